The molecule has 0 radical (unpaired) electrons. The average Bonchev–Trinajstić information content (AvgIpc) is 3.12. The van der Waals surface area contributed by atoms with E-state index in [4.69, 9.17) is 4.74 Å². The van der Waals surface area contributed by atoms with E-state index in [1.165, 1.54) is 0 Å². The Balaban J connectivity index is 1.61. The van der Waals surface area contributed by atoms with Gasteiger partial charge in [-0.3, -0.25) is 24.0 Å². The molecule has 1 heterocycles. The van der Waals surface area contributed by atoms with Gasteiger partial charge in [-0.25, -0.2) is 0 Å². The van der Waals surface area contributed by atoms with Crippen LogP contribution in [0.3, 0.4) is 0 Å². The van der Waals surface area contributed by atoms with Gasteiger partial charge in [-0.2, -0.15) is 0 Å². The van der Waals surface area contributed by atoms with Gasteiger partial charge in [-0.1, -0.05) is 99.5 Å². The predicted molar refractivity (Wildman–Crippen MR) is 196 cm³/mol. The highest BCUT2D eigenvalue weighted by molar-refractivity contribution is 6.01. The molecule has 0 fully saturated rings. The molecule has 0 saturated heterocycles. The van der Waals surface area contributed by atoms with Crippen LogP contribution in [-0.2, 0) is 32.1 Å². The SMILES string of the molecule is CC(C)C[C@@H]1NC(=O)C[C@@H](C(=O)NCc2ccccc2)NC(=O)c2ccccc2OCCCCCCN(C)C(=O)[C@H](Cc2ccccc2)NC1=O. The van der Waals surface area contributed by atoms with Crippen molar-refractivity contribution in [2.45, 2.75) is 83.5 Å². The van der Waals surface area contributed by atoms with E-state index in [9.17, 15) is 24.0 Å². The molecular weight excluding hydrogens is 646 g/mol. The van der Waals surface area contributed by atoms with Crippen molar-refractivity contribution in [3.05, 3.63) is 102 Å². The number of fused-ring (bicyclic) bond motifs is 1. The second-order valence-corrected chi connectivity index (χ2v) is 13.5. The zero-order valence-corrected chi connectivity index (χ0v) is 29.9. The van der Waals surface area contributed by atoms with Crippen LogP contribution in [0.2, 0.25) is 0 Å². The van der Waals surface area contributed by atoms with E-state index in [1.54, 1.807) is 36.2 Å². The molecule has 3 atom stereocenters. The summed E-state index contributed by atoms with van der Waals surface area (Å²) in [5, 5.41) is 11.3. The topological polar surface area (TPSA) is 146 Å². The van der Waals surface area contributed by atoms with Gasteiger partial charge in [-0.15, -0.1) is 0 Å². The minimum absolute atomic E-state index is 0.0163. The number of para-hydroxylation sites is 1. The fourth-order valence-corrected chi connectivity index (χ4v) is 5.96. The summed E-state index contributed by atoms with van der Waals surface area (Å²) in [6, 6.07) is 22.5. The average molecular weight is 698 g/mol. The number of likely N-dealkylation sites (N-methyl/N-ethyl adjacent to an activating group) is 1. The maximum Gasteiger partial charge on any atom is 0.255 e. The van der Waals surface area contributed by atoms with E-state index in [-0.39, 0.29) is 30.4 Å². The summed E-state index contributed by atoms with van der Waals surface area (Å²) >= 11 is 0. The number of nitrogens with zero attached hydrogens (tertiary/aromatic N) is 1. The van der Waals surface area contributed by atoms with E-state index in [1.807, 2.05) is 74.5 Å². The zero-order valence-electron chi connectivity index (χ0n) is 29.9. The summed E-state index contributed by atoms with van der Waals surface area (Å²) in [6.45, 7) is 4.95. The highest BCUT2D eigenvalue weighted by Crippen LogP contribution is 2.19. The number of hydrogen-bond donors (Lipinski definition) is 4. The molecule has 0 aliphatic carbocycles. The van der Waals surface area contributed by atoms with Gasteiger partial charge < -0.3 is 30.9 Å². The molecule has 0 aromatic heterocycles. The van der Waals surface area contributed by atoms with Gasteiger partial charge in [0.25, 0.3) is 5.91 Å². The summed E-state index contributed by atoms with van der Waals surface area (Å²) in [6.07, 6.45) is 3.38. The van der Waals surface area contributed by atoms with Gasteiger partial charge in [0.1, 0.15) is 23.9 Å². The number of carbonyl (C=O) groups is 5. The van der Waals surface area contributed by atoms with E-state index in [2.05, 4.69) is 21.3 Å². The second kappa shape index (κ2) is 19.9. The number of amides is 5. The maximum absolute atomic E-state index is 13.9. The fraction of sp³-hybridized carbons (Fsp3) is 0.425. The van der Waals surface area contributed by atoms with Crippen molar-refractivity contribution in [3.63, 3.8) is 0 Å². The summed E-state index contributed by atoms with van der Waals surface area (Å²) in [5.41, 5.74) is 1.98. The van der Waals surface area contributed by atoms with Crippen molar-refractivity contribution >= 4 is 29.5 Å². The molecular formula is C40H51N5O6. The zero-order chi connectivity index (χ0) is 36.6. The third-order valence-electron chi connectivity index (χ3n) is 8.73. The molecule has 3 aromatic carbocycles. The Kier molecular flexibility index (Phi) is 15.0. The number of nitrogens with one attached hydrogen (secondary N) is 4. The van der Waals surface area contributed by atoms with Gasteiger partial charge >= 0.3 is 0 Å². The van der Waals surface area contributed by atoms with Crippen LogP contribution < -0.4 is 26.0 Å². The minimum atomic E-state index is -1.26. The van der Waals surface area contributed by atoms with Gasteiger partial charge in [0.05, 0.1) is 18.6 Å². The van der Waals surface area contributed by atoms with Crippen molar-refractivity contribution in [3.8, 4) is 5.75 Å². The van der Waals surface area contributed by atoms with Gasteiger partial charge in [0, 0.05) is 26.6 Å². The lowest BCUT2D eigenvalue weighted by atomic mass is 10.0. The minimum Gasteiger partial charge on any atom is -0.493 e. The molecule has 4 N–H and O–H groups in total. The van der Waals surface area contributed by atoms with Crippen LogP contribution >= 0.6 is 0 Å². The van der Waals surface area contributed by atoms with Crippen LogP contribution in [0, 0.1) is 5.92 Å². The lowest BCUT2D eigenvalue weighted by molar-refractivity contribution is -0.137. The van der Waals surface area contributed by atoms with E-state index in [0.29, 0.717) is 25.3 Å². The summed E-state index contributed by atoms with van der Waals surface area (Å²) in [7, 11) is 1.74. The molecule has 1 aliphatic rings. The molecule has 0 spiro atoms. The van der Waals surface area contributed by atoms with Crippen molar-refractivity contribution < 1.29 is 28.7 Å². The Morgan fingerprint density at radius 2 is 1.45 bits per heavy atom. The standard InChI is InChI=1S/C40H51N5O6/c1-28(2)24-32-39(49)44-34(25-29-16-8-6-9-17-29)40(50)45(3)22-14-4-5-15-23-51-35-21-13-12-20-31(35)37(47)43-33(26-36(46)42-32)38(48)41-27-30-18-10-7-11-19-30/h6-13,16-21,28,32-34H,4-5,14-15,22-27H2,1-3H3,(H,41,48)(H,42,46)(H,43,47)(H,44,49)/t32-,33-,34-/m0/s1. The lowest BCUT2D eigenvalue weighted by Crippen LogP contribution is -2.56. The molecule has 272 valence electrons. The number of hydrogen-bond acceptors (Lipinski definition) is 6. The highest BCUT2D eigenvalue weighted by atomic mass is 16.5. The monoisotopic (exact) mass is 697 g/mol. The van der Waals surface area contributed by atoms with Crippen molar-refractivity contribution in [2.24, 2.45) is 5.92 Å². The Labute approximate surface area is 300 Å². The predicted octanol–water partition coefficient (Wildman–Crippen LogP) is 4.16. The van der Waals surface area contributed by atoms with Crippen LogP contribution in [0.1, 0.15) is 73.9 Å². The van der Waals surface area contributed by atoms with Gasteiger partial charge in [0.15, 0.2) is 0 Å². The molecule has 0 unspecified atom stereocenters. The van der Waals surface area contributed by atoms with Crippen molar-refractivity contribution in [1.82, 2.24) is 26.2 Å². The molecule has 3 aromatic rings. The molecule has 0 saturated carbocycles. The number of benzene rings is 3. The number of carbonyl (C=O) groups excluding carboxylic acids is 5. The first kappa shape index (κ1) is 38.6. The number of rotatable bonds is 7. The Bertz CT molecular complexity index is 1600. The van der Waals surface area contributed by atoms with Crippen LogP contribution in [-0.4, -0.2) is 72.8 Å². The Hall–Kier alpha value is -5.19. The molecule has 11 heteroatoms. The van der Waals surface area contributed by atoms with E-state index >= 15 is 0 Å². The maximum atomic E-state index is 13.9. The normalized spacial score (nSPS) is 20.2. The van der Waals surface area contributed by atoms with Crippen LogP contribution in [0.25, 0.3) is 0 Å². The second-order valence-electron chi connectivity index (χ2n) is 13.5. The van der Waals surface area contributed by atoms with Crippen LogP contribution in [0.4, 0.5) is 0 Å². The van der Waals surface area contributed by atoms with Crippen molar-refractivity contribution in [1.29, 1.82) is 0 Å². The molecule has 1 aliphatic heterocycles. The first-order chi connectivity index (χ1) is 24.6. The molecule has 5 amide bonds. The quantitative estimate of drug-likeness (QED) is 0.292. The van der Waals surface area contributed by atoms with Gasteiger partial charge in [-0.05, 0) is 48.4 Å². The molecule has 0 bridgehead atoms. The third kappa shape index (κ3) is 12.6. The highest BCUT2D eigenvalue weighted by Gasteiger charge is 2.31. The third-order valence-corrected chi connectivity index (χ3v) is 8.73. The summed E-state index contributed by atoms with van der Waals surface area (Å²) in [5.74, 6) is -2.04. The Morgan fingerprint density at radius 3 is 2.16 bits per heavy atom. The lowest BCUT2D eigenvalue weighted by Gasteiger charge is -2.28. The number of ether oxygens (including phenoxy) is 1. The van der Waals surface area contributed by atoms with Crippen molar-refractivity contribution in [2.75, 3.05) is 20.2 Å². The van der Waals surface area contributed by atoms with Crippen LogP contribution in [0.15, 0.2) is 84.9 Å². The molecule has 51 heavy (non-hydrogen) atoms. The molecule has 11 nitrogen and oxygen atoms in total. The van der Waals surface area contributed by atoms with Gasteiger partial charge in [0.2, 0.25) is 23.6 Å². The molecule has 4 rings (SSSR count). The fourth-order valence-electron chi connectivity index (χ4n) is 5.96. The summed E-state index contributed by atoms with van der Waals surface area (Å²) in [4.78, 5) is 70.1. The first-order valence-electron chi connectivity index (χ1n) is 17.8. The first-order valence-corrected chi connectivity index (χ1v) is 17.8. The summed E-state index contributed by atoms with van der Waals surface area (Å²) < 4.78 is 6.00. The largest absolute Gasteiger partial charge is 0.493 e. The van der Waals surface area contributed by atoms with Crippen LogP contribution in [0.5, 0.6) is 5.75 Å². The Morgan fingerprint density at radius 1 is 0.804 bits per heavy atom. The van der Waals surface area contributed by atoms with E-state index in [0.717, 1.165) is 36.8 Å². The van der Waals surface area contributed by atoms with E-state index < -0.39 is 48.2 Å². The smallest absolute Gasteiger partial charge is 0.255 e.